The van der Waals surface area contributed by atoms with Crippen LogP contribution in [-0.4, -0.2) is 20.3 Å². The molecule has 1 N–H and O–H groups in total. The number of rotatable bonds is 8. The molecule has 0 heterocycles. The molecule has 0 saturated heterocycles. The number of methoxy groups -OCH3 is 1. The summed E-state index contributed by atoms with van der Waals surface area (Å²) in [6, 6.07) is 16.3. The maximum atomic E-state index is 5.77. The van der Waals surface area contributed by atoms with Crippen LogP contribution in [-0.2, 0) is 17.9 Å². The highest BCUT2D eigenvalue weighted by molar-refractivity contribution is 9.10. The molecule has 0 aliphatic heterocycles. The van der Waals surface area contributed by atoms with Gasteiger partial charge in [-0.2, -0.15) is 0 Å². The molecule has 0 aliphatic carbocycles. The molecule has 4 heteroatoms. The fourth-order valence-corrected chi connectivity index (χ4v) is 2.12. The number of hydrogen-bond acceptors (Lipinski definition) is 3. The zero-order valence-electron chi connectivity index (χ0n) is 12.1. The van der Waals surface area contributed by atoms with Crippen molar-refractivity contribution < 1.29 is 9.47 Å². The van der Waals surface area contributed by atoms with E-state index in [0.717, 1.165) is 35.5 Å². The van der Waals surface area contributed by atoms with E-state index in [1.807, 2.05) is 24.3 Å². The molecule has 0 amide bonds. The predicted molar refractivity (Wildman–Crippen MR) is 88.5 cm³/mol. The Kier molecular flexibility index (Phi) is 6.73. The third-order valence-electron chi connectivity index (χ3n) is 3.05. The highest BCUT2D eigenvalue weighted by Gasteiger charge is 1.98. The van der Waals surface area contributed by atoms with Gasteiger partial charge in [0.1, 0.15) is 12.4 Å². The smallest absolute Gasteiger partial charge is 0.119 e. The van der Waals surface area contributed by atoms with Crippen molar-refractivity contribution in [1.82, 2.24) is 5.32 Å². The van der Waals surface area contributed by atoms with Crippen molar-refractivity contribution in [2.24, 2.45) is 0 Å². The van der Waals surface area contributed by atoms with Gasteiger partial charge >= 0.3 is 0 Å². The van der Waals surface area contributed by atoms with Gasteiger partial charge < -0.3 is 14.8 Å². The second-order valence-corrected chi connectivity index (χ2v) is 5.64. The summed E-state index contributed by atoms with van der Waals surface area (Å²) in [7, 11) is 1.71. The molecule has 0 radical (unpaired) electrons. The summed E-state index contributed by atoms with van der Waals surface area (Å²) < 4.78 is 11.8. The van der Waals surface area contributed by atoms with Crippen LogP contribution in [0.3, 0.4) is 0 Å². The number of nitrogens with one attached hydrogen (secondary N) is 1. The van der Waals surface area contributed by atoms with Crippen molar-refractivity contribution in [1.29, 1.82) is 0 Å². The van der Waals surface area contributed by atoms with Gasteiger partial charge in [-0.25, -0.2) is 0 Å². The zero-order valence-corrected chi connectivity index (χ0v) is 13.7. The fraction of sp³-hybridized carbons (Fsp3) is 0.294. The van der Waals surface area contributed by atoms with E-state index in [2.05, 4.69) is 45.5 Å². The van der Waals surface area contributed by atoms with E-state index in [9.17, 15) is 0 Å². The molecule has 0 unspecified atom stereocenters. The third-order valence-corrected chi connectivity index (χ3v) is 3.58. The van der Waals surface area contributed by atoms with Crippen LogP contribution < -0.4 is 10.1 Å². The molecule has 0 saturated carbocycles. The van der Waals surface area contributed by atoms with Gasteiger partial charge in [-0.3, -0.25) is 0 Å². The second kappa shape index (κ2) is 8.82. The van der Waals surface area contributed by atoms with Gasteiger partial charge in [-0.15, -0.1) is 0 Å². The minimum atomic E-state index is 0.582. The van der Waals surface area contributed by atoms with Crippen LogP contribution in [0.15, 0.2) is 53.0 Å². The van der Waals surface area contributed by atoms with Crippen LogP contribution in [0, 0.1) is 0 Å². The largest absolute Gasteiger partial charge is 0.489 e. The lowest BCUT2D eigenvalue weighted by Gasteiger charge is -2.08. The lowest BCUT2D eigenvalue weighted by Crippen LogP contribution is -2.18. The van der Waals surface area contributed by atoms with E-state index < -0.39 is 0 Å². The molecular formula is C17H20BrNO2. The van der Waals surface area contributed by atoms with E-state index in [1.54, 1.807) is 7.11 Å². The number of ether oxygens (including phenoxy) is 2. The lowest BCUT2D eigenvalue weighted by molar-refractivity contribution is 0.199. The van der Waals surface area contributed by atoms with E-state index in [4.69, 9.17) is 9.47 Å². The third kappa shape index (κ3) is 5.87. The highest BCUT2D eigenvalue weighted by atomic mass is 79.9. The van der Waals surface area contributed by atoms with E-state index in [0.29, 0.717) is 6.61 Å². The van der Waals surface area contributed by atoms with Gasteiger partial charge in [0.25, 0.3) is 0 Å². The zero-order chi connectivity index (χ0) is 14.9. The van der Waals surface area contributed by atoms with Gasteiger partial charge in [-0.05, 0) is 35.4 Å². The Morgan fingerprint density at radius 2 is 1.62 bits per heavy atom. The molecule has 0 aromatic heterocycles. The number of benzene rings is 2. The lowest BCUT2D eigenvalue weighted by atomic mass is 10.2. The van der Waals surface area contributed by atoms with Crippen LogP contribution in [0.25, 0.3) is 0 Å². The first kappa shape index (κ1) is 16.0. The molecule has 2 aromatic carbocycles. The van der Waals surface area contributed by atoms with Crippen molar-refractivity contribution in [3.05, 3.63) is 64.1 Å². The van der Waals surface area contributed by atoms with Crippen molar-refractivity contribution in [2.45, 2.75) is 13.2 Å². The Hall–Kier alpha value is -1.36. The summed E-state index contributed by atoms with van der Waals surface area (Å²) >= 11 is 3.43. The Balaban J connectivity index is 1.78. The summed E-state index contributed by atoms with van der Waals surface area (Å²) in [5.41, 5.74) is 2.39. The van der Waals surface area contributed by atoms with Gasteiger partial charge in [-0.1, -0.05) is 40.2 Å². The molecule has 21 heavy (non-hydrogen) atoms. The Morgan fingerprint density at radius 1 is 0.952 bits per heavy atom. The first-order valence-electron chi connectivity index (χ1n) is 6.94. The predicted octanol–water partition coefficient (Wildman–Crippen LogP) is 3.76. The van der Waals surface area contributed by atoms with Gasteiger partial charge in [0.2, 0.25) is 0 Å². The molecule has 0 spiro atoms. The van der Waals surface area contributed by atoms with Crippen molar-refractivity contribution in [3.63, 3.8) is 0 Å². The Morgan fingerprint density at radius 3 is 2.29 bits per heavy atom. The number of halogens is 1. The summed E-state index contributed by atoms with van der Waals surface area (Å²) in [5.74, 6) is 0.888. The molecule has 112 valence electrons. The molecule has 0 fully saturated rings. The van der Waals surface area contributed by atoms with Crippen molar-refractivity contribution in [2.75, 3.05) is 20.3 Å². The first-order chi connectivity index (χ1) is 10.3. The standard InChI is InChI=1S/C17H20BrNO2/c1-20-11-10-19-12-14-4-8-17(9-5-14)21-13-15-2-6-16(18)7-3-15/h2-9,19H,10-13H2,1H3. The summed E-state index contributed by atoms with van der Waals surface area (Å²) in [6.07, 6.45) is 0. The van der Waals surface area contributed by atoms with Gasteiger partial charge in [0.05, 0.1) is 6.61 Å². The normalized spacial score (nSPS) is 10.6. The minimum Gasteiger partial charge on any atom is -0.489 e. The van der Waals surface area contributed by atoms with Gasteiger partial charge in [0.15, 0.2) is 0 Å². The molecule has 2 aromatic rings. The molecule has 0 bridgehead atoms. The molecule has 0 aliphatic rings. The Labute approximate surface area is 134 Å². The maximum absolute atomic E-state index is 5.77. The fourth-order valence-electron chi connectivity index (χ4n) is 1.86. The van der Waals surface area contributed by atoms with Crippen LogP contribution in [0.4, 0.5) is 0 Å². The second-order valence-electron chi connectivity index (χ2n) is 4.73. The minimum absolute atomic E-state index is 0.582. The highest BCUT2D eigenvalue weighted by Crippen LogP contribution is 2.15. The van der Waals surface area contributed by atoms with E-state index >= 15 is 0 Å². The quantitative estimate of drug-likeness (QED) is 0.736. The van der Waals surface area contributed by atoms with Crippen molar-refractivity contribution in [3.8, 4) is 5.75 Å². The SMILES string of the molecule is COCCNCc1ccc(OCc2ccc(Br)cc2)cc1. The van der Waals surface area contributed by atoms with Crippen LogP contribution >= 0.6 is 15.9 Å². The Bertz CT molecular complexity index is 525. The maximum Gasteiger partial charge on any atom is 0.119 e. The topological polar surface area (TPSA) is 30.5 Å². The summed E-state index contributed by atoms with van der Waals surface area (Å²) in [6.45, 7) is 3.02. The van der Waals surface area contributed by atoms with E-state index in [-0.39, 0.29) is 0 Å². The van der Waals surface area contributed by atoms with Crippen molar-refractivity contribution >= 4 is 15.9 Å². The number of hydrogen-bond donors (Lipinski definition) is 1. The summed E-state index contributed by atoms with van der Waals surface area (Å²) in [4.78, 5) is 0. The monoisotopic (exact) mass is 349 g/mol. The first-order valence-corrected chi connectivity index (χ1v) is 7.73. The molecular weight excluding hydrogens is 330 g/mol. The van der Waals surface area contributed by atoms with Crippen LogP contribution in [0.2, 0.25) is 0 Å². The van der Waals surface area contributed by atoms with E-state index in [1.165, 1.54) is 5.56 Å². The molecule has 0 atom stereocenters. The van der Waals surface area contributed by atoms with Crippen LogP contribution in [0.5, 0.6) is 5.75 Å². The average Bonchev–Trinajstić information content (AvgIpc) is 2.52. The molecule has 3 nitrogen and oxygen atoms in total. The van der Waals surface area contributed by atoms with Crippen LogP contribution in [0.1, 0.15) is 11.1 Å². The average molecular weight is 350 g/mol. The van der Waals surface area contributed by atoms with Gasteiger partial charge in [0, 0.05) is 24.7 Å². The molecule has 2 rings (SSSR count). The summed E-state index contributed by atoms with van der Waals surface area (Å²) in [5, 5.41) is 3.31.